The Labute approximate surface area is 144 Å². The van der Waals surface area contributed by atoms with E-state index in [1.807, 2.05) is 56.3 Å². The van der Waals surface area contributed by atoms with E-state index in [0.29, 0.717) is 13.2 Å². The average Bonchev–Trinajstić information content (AvgIpc) is 2.59. The highest BCUT2D eigenvalue weighted by atomic mass is 31.1. The molecule has 0 heterocycles. The van der Waals surface area contributed by atoms with Gasteiger partial charge >= 0.3 is 0 Å². The van der Waals surface area contributed by atoms with Gasteiger partial charge in [-0.1, -0.05) is 18.2 Å². The molecule has 1 unspecified atom stereocenters. The fourth-order valence-corrected chi connectivity index (χ4v) is 4.17. The Balaban J connectivity index is 2.35. The zero-order valence-electron chi connectivity index (χ0n) is 14.5. The molecule has 1 atom stereocenters. The number of hydrogen-bond acceptors (Lipinski definition) is 4. The first-order chi connectivity index (χ1) is 11.6. The van der Waals surface area contributed by atoms with E-state index >= 15 is 0 Å². The molecule has 0 radical (unpaired) electrons. The second kappa shape index (κ2) is 8.93. The predicted octanol–water partition coefficient (Wildman–Crippen LogP) is 3.84. The van der Waals surface area contributed by atoms with Crippen molar-refractivity contribution in [2.45, 2.75) is 13.8 Å². The van der Waals surface area contributed by atoms with Crippen LogP contribution in [-0.4, -0.2) is 33.0 Å². The lowest BCUT2D eigenvalue weighted by atomic mass is 10.0. The highest BCUT2D eigenvalue weighted by Gasteiger charge is 2.26. The van der Waals surface area contributed by atoms with Crippen LogP contribution < -0.4 is 10.0 Å². The van der Waals surface area contributed by atoms with Crippen molar-refractivity contribution in [1.82, 2.24) is 0 Å². The molecule has 5 heteroatoms. The number of aryl methyl sites for hydroxylation is 2. The number of benzene rings is 2. The number of methoxy groups -OCH3 is 2. The summed E-state index contributed by atoms with van der Waals surface area (Å²) in [4.78, 5) is 13.2. The van der Waals surface area contributed by atoms with Crippen LogP contribution in [0.3, 0.4) is 0 Å². The minimum absolute atomic E-state index is 0.0295. The van der Waals surface area contributed by atoms with Gasteiger partial charge in [0.15, 0.2) is 0 Å². The van der Waals surface area contributed by atoms with Crippen molar-refractivity contribution >= 4 is 19.0 Å². The molecule has 0 saturated carbocycles. The van der Waals surface area contributed by atoms with Gasteiger partial charge in [-0.3, -0.25) is 4.79 Å². The van der Waals surface area contributed by atoms with Crippen LogP contribution in [0.25, 0.3) is 0 Å². The maximum atomic E-state index is 13.2. The Morgan fingerprint density at radius 1 is 0.958 bits per heavy atom. The minimum Gasteiger partial charge on any atom is -0.497 e. The van der Waals surface area contributed by atoms with Gasteiger partial charge < -0.3 is 14.0 Å². The van der Waals surface area contributed by atoms with Gasteiger partial charge in [0.1, 0.15) is 13.9 Å². The monoisotopic (exact) mass is 346 g/mol. The van der Waals surface area contributed by atoms with E-state index in [0.717, 1.165) is 27.7 Å². The summed E-state index contributed by atoms with van der Waals surface area (Å²) >= 11 is 0. The van der Waals surface area contributed by atoms with Crippen molar-refractivity contribution in [1.29, 1.82) is 0 Å². The van der Waals surface area contributed by atoms with Gasteiger partial charge in [0.25, 0.3) is 0 Å². The fourth-order valence-electron chi connectivity index (χ4n) is 2.43. The van der Waals surface area contributed by atoms with E-state index in [2.05, 4.69) is 0 Å². The number of ether oxygens (including phenoxy) is 2. The number of carbonyl (C=O) groups excluding carboxylic acids is 1. The van der Waals surface area contributed by atoms with Crippen LogP contribution in [0.2, 0.25) is 0 Å². The molecular formula is C19H23O4P. The summed E-state index contributed by atoms with van der Waals surface area (Å²) in [6.45, 7) is 4.74. The summed E-state index contributed by atoms with van der Waals surface area (Å²) in [5, 5.41) is 0.870. The van der Waals surface area contributed by atoms with Crippen LogP contribution in [-0.2, 0) is 9.26 Å². The molecule has 2 aromatic carbocycles. The van der Waals surface area contributed by atoms with Gasteiger partial charge in [0, 0.05) is 18.0 Å². The molecular weight excluding hydrogens is 323 g/mol. The molecule has 0 spiro atoms. The third-order valence-electron chi connectivity index (χ3n) is 3.69. The number of rotatable bonds is 8. The SMILES string of the molecule is COCCOP(C(=O)c1c(C)cccc1C)c1ccc(OC)cc1. The van der Waals surface area contributed by atoms with Crippen LogP contribution in [0.15, 0.2) is 42.5 Å². The molecule has 0 aliphatic heterocycles. The Bertz CT molecular complexity index is 662. The van der Waals surface area contributed by atoms with Gasteiger partial charge in [0.05, 0.1) is 20.3 Å². The van der Waals surface area contributed by atoms with Crippen molar-refractivity contribution in [2.75, 3.05) is 27.4 Å². The van der Waals surface area contributed by atoms with Crippen LogP contribution in [0, 0.1) is 13.8 Å². The molecule has 2 rings (SSSR count). The van der Waals surface area contributed by atoms with Crippen molar-refractivity contribution < 1.29 is 18.8 Å². The van der Waals surface area contributed by atoms with Gasteiger partial charge in [-0.05, 0) is 49.2 Å². The minimum atomic E-state index is -1.43. The maximum absolute atomic E-state index is 13.2. The molecule has 4 nitrogen and oxygen atoms in total. The van der Waals surface area contributed by atoms with Crippen LogP contribution in [0.5, 0.6) is 5.75 Å². The molecule has 2 aromatic rings. The molecule has 0 amide bonds. The molecule has 0 fully saturated rings. The highest BCUT2D eigenvalue weighted by molar-refractivity contribution is 7.78. The van der Waals surface area contributed by atoms with Gasteiger partial charge in [0.2, 0.25) is 5.52 Å². The van der Waals surface area contributed by atoms with Crippen molar-refractivity contribution in [2.24, 2.45) is 0 Å². The summed E-state index contributed by atoms with van der Waals surface area (Å²) < 4.78 is 16.2. The van der Waals surface area contributed by atoms with E-state index in [-0.39, 0.29) is 5.52 Å². The maximum Gasteiger partial charge on any atom is 0.216 e. The lowest BCUT2D eigenvalue weighted by Crippen LogP contribution is -2.15. The molecule has 24 heavy (non-hydrogen) atoms. The quantitative estimate of drug-likeness (QED) is 0.538. The molecule has 0 aliphatic carbocycles. The summed E-state index contributed by atoms with van der Waals surface area (Å²) in [5.74, 6) is 0.755. The second-order valence-corrected chi connectivity index (χ2v) is 7.16. The van der Waals surface area contributed by atoms with Gasteiger partial charge in [-0.2, -0.15) is 0 Å². The molecule has 0 saturated heterocycles. The van der Waals surface area contributed by atoms with Gasteiger partial charge in [-0.15, -0.1) is 0 Å². The van der Waals surface area contributed by atoms with Crippen molar-refractivity contribution in [3.05, 3.63) is 59.2 Å². The molecule has 0 N–H and O–H groups in total. The Morgan fingerprint density at radius 3 is 2.12 bits per heavy atom. The lowest BCUT2D eigenvalue weighted by Gasteiger charge is -2.19. The number of carbonyl (C=O) groups is 1. The smallest absolute Gasteiger partial charge is 0.216 e. The summed E-state index contributed by atoms with van der Waals surface area (Å²) in [5.41, 5.74) is 2.71. The highest BCUT2D eigenvalue weighted by Crippen LogP contribution is 2.41. The standard InChI is InChI=1S/C19H23O4P/c1-14-6-5-7-15(2)18(14)19(20)24(23-13-12-21-3)17-10-8-16(22-4)9-11-17/h5-11H,12-13H2,1-4H3. The van der Waals surface area contributed by atoms with E-state index in [4.69, 9.17) is 14.0 Å². The number of hydrogen-bond donors (Lipinski definition) is 0. The molecule has 0 bridgehead atoms. The van der Waals surface area contributed by atoms with Crippen molar-refractivity contribution in [3.63, 3.8) is 0 Å². The van der Waals surface area contributed by atoms with E-state index < -0.39 is 8.15 Å². The first kappa shape index (κ1) is 18.6. The topological polar surface area (TPSA) is 44.8 Å². The largest absolute Gasteiger partial charge is 0.497 e. The zero-order chi connectivity index (χ0) is 17.5. The third kappa shape index (κ3) is 4.41. The van der Waals surface area contributed by atoms with Crippen molar-refractivity contribution in [3.8, 4) is 5.75 Å². The average molecular weight is 346 g/mol. The summed E-state index contributed by atoms with van der Waals surface area (Å²) in [6, 6.07) is 13.4. The Kier molecular flexibility index (Phi) is 6.92. The molecule has 0 aliphatic rings. The lowest BCUT2D eigenvalue weighted by molar-refractivity contribution is 0.105. The zero-order valence-corrected chi connectivity index (χ0v) is 15.4. The molecule has 128 valence electrons. The fraction of sp³-hybridized carbons (Fsp3) is 0.316. The summed E-state index contributed by atoms with van der Waals surface area (Å²) in [7, 11) is 1.81. The van der Waals surface area contributed by atoms with Crippen LogP contribution in [0.1, 0.15) is 21.5 Å². The second-order valence-electron chi connectivity index (χ2n) is 5.39. The predicted molar refractivity (Wildman–Crippen MR) is 97.6 cm³/mol. The Morgan fingerprint density at radius 2 is 1.58 bits per heavy atom. The van der Waals surface area contributed by atoms with Crippen LogP contribution in [0.4, 0.5) is 0 Å². The summed E-state index contributed by atoms with van der Waals surface area (Å²) in [6.07, 6.45) is 0. The van der Waals surface area contributed by atoms with E-state index in [1.54, 1.807) is 14.2 Å². The normalized spacial score (nSPS) is 12.0. The third-order valence-corrected chi connectivity index (χ3v) is 5.49. The van der Waals surface area contributed by atoms with E-state index in [9.17, 15) is 4.79 Å². The first-order valence-electron chi connectivity index (χ1n) is 7.75. The first-order valence-corrected chi connectivity index (χ1v) is 9.01. The van der Waals surface area contributed by atoms with Gasteiger partial charge in [-0.25, -0.2) is 0 Å². The molecule has 0 aromatic heterocycles. The van der Waals surface area contributed by atoms with Crippen LogP contribution >= 0.6 is 8.15 Å². The Hall–Kier alpha value is -1.74. The van der Waals surface area contributed by atoms with E-state index in [1.165, 1.54) is 0 Å².